The monoisotopic (exact) mass is 299 g/mol. The summed E-state index contributed by atoms with van der Waals surface area (Å²) < 4.78 is 33.1. The van der Waals surface area contributed by atoms with Gasteiger partial charge in [0.1, 0.15) is 0 Å². The van der Waals surface area contributed by atoms with Crippen LogP contribution in [-0.4, -0.2) is 36.1 Å². The fourth-order valence-corrected chi connectivity index (χ4v) is 1.10. The van der Waals surface area contributed by atoms with Crippen LogP contribution in [0.4, 0.5) is 0 Å². The molecule has 108 valence electrons. The Morgan fingerprint density at radius 3 is 2.45 bits per heavy atom. The second-order valence-electron chi connectivity index (χ2n) is 3.55. The molecular formula is C11H15N4O4S+. The van der Waals surface area contributed by atoms with Crippen LogP contribution in [-0.2, 0) is 21.6 Å². The maximum Gasteiger partial charge on any atom is 0.397 e. The van der Waals surface area contributed by atoms with E-state index in [9.17, 15) is 8.42 Å². The van der Waals surface area contributed by atoms with E-state index in [1.165, 1.54) is 0 Å². The lowest BCUT2D eigenvalue weighted by Gasteiger charge is -1.87. The number of hydrogen-bond acceptors (Lipinski definition) is 5. The predicted molar refractivity (Wildman–Crippen MR) is 71.4 cm³/mol. The Kier molecular flexibility index (Phi) is 5.97. The van der Waals surface area contributed by atoms with Gasteiger partial charge in [-0.3, -0.25) is 8.74 Å². The fraction of sp³-hybridized carbons (Fsp3) is 0.182. The third-order valence-corrected chi connectivity index (χ3v) is 2.41. The molecule has 0 amide bonds. The SMILES string of the molecule is COS(=O)(=O)O.Cn1c[n+](/N=C\c2ccccc2)cn1. The number of benzene rings is 1. The quantitative estimate of drug-likeness (QED) is 0.490. The van der Waals surface area contributed by atoms with Gasteiger partial charge in [0.2, 0.25) is 6.33 Å². The molecule has 0 spiro atoms. The third kappa shape index (κ3) is 6.73. The highest BCUT2D eigenvalue weighted by atomic mass is 32.3. The van der Waals surface area contributed by atoms with Gasteiger partial charge in [0.25, 0.3) is 6.33 Å². The first-order valence-electron chi connectivity index (χ1n) is 5.43. The van der Waals surface area contributed by atoms with Gasteiger partial charge in [-0.25, -0.2) is 0 Å². The summed E-state index contributed by atoms with van der Waals surface area (Å²) in [5, 5.41) is 8.20. The molecule has 0 aliphatic heterocycles. The molecule has 0 atom stereocenters. The summed E-state index contributed by atoms with van der Waals surface area (Å²) in [5.74, 6) is 0. The van der Waals surface area contributed by atoms with Gasteiger partial charge in [0, 0.05) is 5.10 Å². The second kappa shape index (κ2) is 7.48. The van der Waals surface area contributed by atoms with Crippen molar-refractivity contribution in [3.63, 3.8) is 0 Å². The maximum atomic E-state index is 9.33. The van der Waals surface area contributed by atoms with E-state index >= 15 is 0 Å². The lowest BCUT2D eigenvalue weighted by molar-refractivity contribution is -0.679. The van der Waals surface area contributed by atoms with Gasteiger partial charge in [-0.2, -0.15) is 8.42 Å². The average molecular weight is 299 g/mol. The highest BCUT2D eigenvalue weighted by molar-refractivity contribution is 7.80. The van der Waals surface area contributed by atoms with E-state index in [1.807, 2.05) is 37.4 Å². The molecule has 1 heterocycles. The molecule has 8 nitrogen and oxygen atoms in total. The summed E-state index contributed by atoms with van der Waals surface area (Å²) >= 11 is 0. The van der Waals surface area contributed by atoms with Crippen LogP contribution < -0.4 is 4.68 Å². The molecule has 2 rings (SSSR count). The first-order valence-corrected chi connectivity index (χ1v) is 6.79. The second-order valence-corrected chi connectivity index (χ2v) is 4.74. The molecule has 9 heteroatoms. The van der Waals surface area contributed by atoms with Crippen molar-refractivity contribution in [3.8, 4) is 0 Å². The van der Waals surface area contributed by atoms with Gasteiger partial charge in [-0.05, 0) is 5.56 Å². The summed E-state index contributed by atoms with van der Waals surface area (Å²) in [5.41, 5.74) is 1.07. The summed E-state index contributed by atoms with van der Waals surface area (Å²) in [6.07, 6.45) is 5.24. The molecule has 0 radical (unpaired) electrons. The van der Waals surface area contributed by atoms with Crippen molar-refractivity contribution in [1.82, 2.24) is 9.78 Å². The topological polar surface area (TPSA) is 97.7 Å². The number of rotatable bonds is 3. The molecule has 1 aromatic heterocycles. The number of aryl methyl sites for hydroxylation is 1. The van der Waals surface area contributed by atoms with Gasteiger partial charge >= 0.3 is 10.4 Å². The van der Waals surface area contributed by atoms with Crippen molar-refractivity contribution in [1.29, 1.82) is 0 Å². The van der Waals surface area contributed by atoms with Crippen molar-refractivity contribution < 1.29 is 21.8 Å². The Bertz CT molecular complexity index is 652. The average Bonchev–Trinajstić information content (AvgIpc) is 2.83. The first kappa shape index (κ1) is 16.0. The summed E-state index contributed by atoms with van der Waals surface area (Å²) in [7, 11) is -1.44. The number of aromatic nitrogens is 3. The van der Waals surface area contributed by atoms with Crippen LogP contribution >= 0.6 is 0 Å². The molecule has 0 aliphatic carbocycles. The Labute approximate surface area is 116 Å². The zero-order valence-electron chi connectivity index (χ0n) is 11.0. The van der Waals surface area contributed by atoms with Crippen LogP contribution in [0.15, 0.2) is 48.1 Å². The normalized spacial score (nSPS) is 11.2. The number of nitrogens with zero attached hydrogens (tertiary/aromatic N) is 4. The standard InChI is InChI=1S/C10H11N4.CH4O4S/c1-13-9-14(8-12-13)11-7-10-5-3-2-4-6-10;1-5-6(2,3)4/h2-9H,1H3;1H3,(H,2,3,4)/q+1;/b11-7-;. The summed E-state index contributed by atoms with van der Waals surface area (Å²) in [6, 6.07) is 9.94. The Morgan fingerprint density at radius 2 is 2.00 bits per heavy atom. The molecule has 0 bridgehead atoms. The molecule has 1 N–H and O–H groups in total. The van der Waals surface area contributed by atoms with Crippen molar-refractivity contribution >= 4 is 16.6 Å². The minimum Gasteiger partial charge on any atom is -0.264 e. The lowest BCUT2D eigenvalue weighted by atomic mass is 10.2. The molecule has 0 fully saturated rings. The predicted octanol–water partition coefficient (Wildman–Crippen LogP) is 0.0254. The smallest absolute Gasteiger partial charge is 0.264 e. The van der Waals surface area contributed by atoms with Crippen LogP contribution in [0, 0.1) is 0 Å². The zero-order valence-corrected chi connectivity index (χ0v) is 11.8. The van der Waals surface area contributed by atoms with Crippen LogP contribution in [0.1, 0.15) is 5.56 Å². The van der Waals surface area contributed by atoms with Gasteiger partial charge in [0.05, 0.1) is 20.4 Å². The van der Waals surface area contributed by atoms with Crippen LogP contribution in [0.25, 0.3) is 0 Å². The van der Waals surface area contributed by atoms with Crippen molar-refractivity contribution in [2.24, 2.45) is 12.1 Å². The molecule has 0 aliphatic rings. The van der Waals surface area contributed by atoms with Gasteiger partial charge in [0.15, 0.2) is 0 Å². The van der Waals surface area contributed by atoms with E-state index in [-0.39, 0.29) is 0 Å². The molecule has 0 saturated heterocycles. The summed E-state index contributed by atoms with van der Waals surface area (Å²) in [6.45, 7) is 0. The van der Waals surface area contributed by atoms with Crippen molar-refractivity contribution in [2.75, 3.05) is 7.11 Å². The van der Waals surface area contributed by atoms with E-state index in [0.717, 1.165) is 12.7 Å². The minimum absolute atomic E-state index is 0.870. The summed E-state index contributed by atoms with van der Waals surface area (Å²) in [4.78, 5) is 0. The highest BCUT2D eigenvalue weighted by Gasteiger charge is 1.96. The molecule has 20 heavy (non-hydrogen) atoms. The van der Waals surface area contributed by atoms with Crippen molar-refractivity contribution in [3.05, 3.63) is 48.5 Å². The highest BCUT2D eigenvalue weighted by Crippen LogP contribution is 1.92. The zero-order chi connectivity index (χ0) is 15.0. The fourth-order valence-electron chi connectivity index (χ4n) is 1.10. The third-order valence-electron chi connectivity index (χ3n) is 1.99. The van der Waals surface area contributed by atoms with E-state index in [0.29, 0.717) is 0 Å². The van der Waals surface area contributed by atoms with E-state index < -0.39 is 10.4 Å². The maximum absolute atomic E-state index is 9.33. The minimum atomic E-state index is -4.16. The molecule has 0 saturated carbocycles. The molecule has 2 aromatic rings. The molecule has 0 unspecified atom stereocenters. The van der Waals surface area contributed by atoms with Gasteiger partial charge < -0.3 is 0 Å². The Morgan fingerprint density at radius 1 is 1.40 bits per heavy atom. The van der Waals surface area contributed by atoms with Gasteiger partial charge in [-0.15, -0.1) is 14.5 Å². The van der Waals surface area contributed by atoms with Crippen LogP contribution in [0.5, 0.6) is 0 Å². The lowest BCUT2D eigenvalue weighted by Crippen LogP contribution is -2.24. The number of hydrogen-bond donors (Lipinski definition) is 1. The van der Waals surface area contributed by atoms with Crippen LogP contribution in [0.3, 0.4) is 0 Å². The molecule has 1 aromatic carbocycles. The Hall–Kier alpha value is -2.10. The van der Waals surface area contributed by atoms with Gasteiger partial charge in [-0.1, -0.05) is 30.3 Å². The van der Waals surface area contributed by atoms with Crippen molar-refractivity contribution in [2.45, 2.75) is 0 Å². The van der Waals surface area contributed by atoms with Crippen LogP contribution in [0.2, 0.25) is 0 Å². The first-order chi connectivity index (χ1) is 9.40. The molecular weight excluding hydrogens is 284 g/mol. The Balaban J connectivity index is 0.000000286. The van der Waals surface area contributed by atoms with E-state index in [1.54, 1.807) is 28.2 Å². The largest absolute Gasteiger partial charge is 0.397 e. The van der Waals surface area contributed by atoms with E-state index in [2.05, 4.69) is 14.4 Å². The van der Waals surface area contributed by atoms with E-state index in [4.69, 9.17) is 4.55 Å².